The van der Waals surface area contributed by atoms with Crippen molar-refractivity contribution < 1.29 is 13.2 Å². The van der Waals surface area contributed by atoms with Crippen molar-refractivity contribution in [1.82, 2.24) is 14.5 Å². The van der Waals surface area contributed by atoms with Crippen molar-refractivity contribution in [2.45, 2.75) is 63.7 Å². The second-order valence-electron chi connectivity index (χ2n) is 9.24. The fraction of sp³-hybridized carbons (Fsp3) is 0.609. The van der Waals surface area contributed by atoms with Crippen LogP contribution in [0.1, 0.15) is 67.7 Å². The van der Waals surface area contributed by atoms with Gasteiger partial charge in [-0.3, -0.25) is 10.1 Å². The van der Waals surface area contributed by atoms with Crippen LogP contribution in [0, 0.1) is 5.92 Å². The lowest BCUT2D eigenvalue weighted by Gasteiger charge is -2.31. The molecule has 180 valence electrons. The summed E-state index contributed by atoms with van der Waals surface area (Å²) in [6.07, 6.45) is 6.88. The maximum Gasteiger partial charge on any atom is 0.259 e. The number of hydrogen-bond donors (Lipinski definition) is 1. The quantitative estimate of drug-likeness (QED) is 0.625. The van der Waals surface area contributed by atoms with Gasteiger partial charge in [-0.1, -0.05) is 31.6 Å². The number of anilines is 2. The zero-order valence-corrected chi connectivity index (χ0v) is 21.1. The SMILES string of the molecule is CC(C)Cc1nnc(NC(=O)c2cc(S(=O)(=O)N3CCCCC3)ccc2N2CCCCC2)s1. The lowest BCUT2D eigenvalue weighted by atomic mass is 10.1. The average Bonchev–Trinajstić information content (AvgIpc) is 3.25. The zero-order chi connectivity index (χ0) is 23.4. The number of nitrogens with one attached hydrogen (secondary N) is 1. The van der Waals surface area contributed by atoms with Gasteiger partial charge in [0.05, 0.1) is 10.5 Å². The number of sulfonamides is 1. The molecule has 2 saturated heterocycles. The maximum absolute atomic E-state index is 13.4. The molecule has 3 heterocycles. The zero-order valence-electron chi connectivity index (χ0n) is 19.4. The van der Waals surface area contributed by atoms with E-state index in [0.717, 1.165) is 62.3 Å². The van der Waals surface area contributed by atoms with E-state index in [1.807, 2.05) is 0 Å². The maximum atomic E-state index is 13.4. The largest absolute Gasteiger partial charge is 0.371 e. The van der Waals surface area contributed by atoms with Gasteiger partial charge in [-0.2, -0.15) is 4.31 Å². The van der Waals surface area contributed by atoms with Crippen molar-refractivity contribution in [3.8, 4) is 0 Å². The van der Waals surface area contributed by atoms with Gasteiger partial charge in [0.1, 0.15) is 5.01 Å². The summed E-state index contributed by atoms with van der Waals surface area (Å²) < 4.78 is 28.1. The normalized spacial score (nSPS) is 18.0. The number of carbonyl (C=O) groups is 1. The molecule has 0 aliphatic carbocycles. The Morgan fingerprint density at radius 1 is 1.03 bits per heavy atom. The molecule has 2 aliphatic heterocycles. The summed E-state index contributed by atoms with van der Waals surface area (Å²) in [6, 6.07) is 4.98. The van der Waals surface area contributed by atoms with E-state index in [0.29, 0.717) is 29.7 Å². The van der Waals surface area contributed by atoms with Crippen LogP contribution in [-0.4, -0.2) is 55.0 Å². The lowest BCUT2D eigenvalue weighted by molar-refractivity contribution is 0.102. The summed E-state index contributed by atoms with van der Waals surface area (Å²) in [7, 11) is -3.64. The molecule has 1 amide bonds. The van der Waals surface area contributed by atoms with Crippen LogP contribution in [0.5, 0.6) is 0 Å². The van der Waals surface area contributed by atoms with Crippen LogP contribution in [0.3, 0.4) is 0 Å². The number of piperidine rings is 2. The smallest absolute Gasteiger partial charge is 0.259 e. The predicted octanol–water partition coefficient (Wildman–Crippen LogP) is 4.15. The molecular weight excluding hydrogens is 458 g/mol. The first-order valence-corrected chi connectivity index (χ1v) is 14.1. The molecule has 33 heavy (non-hydrogen) atoms. The highest BCUT2D eigenvalue weighted by Crippen LogP contribution is 2.30. The second kappa shape index (κ2) is 10.5. The van der Waals surface area contributed by atoms with Crippen molar-refractivity contribution in [3.63, 3.8) is 0 Å². The van der Waals surface area contributed by atoms with Crippen molar-refractivity contribution >= 4 is 38.1 Å². The Bertz CT molecular complexity index is 1070. The van der Waals surface area contributed by atoms with E-state index in [1.165, 1.54) is 22.1 Å². The molecule has 1 aromatic carbocycles. The topological polar surface area (TPSA) is 95.5 Å². The molecule has 1 aromatic heterocycles. The summed E-state index contributed by atoms with van der Waals surface area (Å²) >= 11 is 1.36. The number of carbonyl (C=O) groups excluding carboxylic acids is 1. The third-order valence-electron chi connectivity index (χ3n) is 6.13. The number of nitrogens with zero attached hydrogens (tertiary/aromatic N) is 4. The molecule has 0 bridgehead atoms. The van der Waals surface area contributed by atoms with E-state index in [9.17, 15) is 13.2 Å². The summed E-state index contributed by atoms with van der Waals surface area (Å²) in [5.41, 5.74) is 1.15. The molecular formula is C23H33N5O3S2. The number of aromatic nitrogens is 2. The first kappa shape index (κ1) is 24.1. The number of benzene rings is 1. The molecule has 2 fully saturated rings. The van der Waals surface area contributed by atoms with E-state index >= 15 is 0 Å². The molecule has 0 unspecified atom stereocenters. The van der Waals surface area contributed by atoms with E-state index in [-0.39, 0.29) is 10.8 Å². The predicted molar refractivity (Wildman–Crippen MR) is 132 cm³/mol. The Hall–Kier alpha value is -2.04. The highest BCUT2D eigenvalue weighted by molar-refractivity contribution is 7.89. The molecule has 8 nitrogen and oxygen atoms in total. The van der Waals surface area contributed by atoms with Crippen LogP contribution < -0.4 is 10.2 Å². The third-order valence-corrected chi connectivity index (χ3v) is 8.89. The molecule has 2 aliphatic rings. The van der Waals surface area contributed by atoms with Gasteiger partial charge in [0, 0.05) is 38.3 Å². The third kappa shape index (κ3) is 5.73. The molecule has 0 atom stereocenters. The van der Waals surface area contributed by atoms with E-state index in [2.05, 4.69) is 34.3 Å². The van der Waals surface area contributed by atoms with Crippen LogP contribution in [-0.2, 0) is 16.4 Å². The molecule has 0 radical (unpaired) electrons. The van der Waals surface area contributed by atoms with Gasteiger partial charge in [0.15, 0.2) is 0 Å². The summed E-state index contributed by atoms with van der Waals surface area (Å²) in [6.45, 7) is 6.99. The molecule has 1 N–H and O–H groups in total. The Morgan fingerprint density at radius 2 is 1.70 bits per heavy atom. The van der Waals surface area contributed by atoms with Crippen LogP contribution in [0.2, 0.25) is 0 Å². The van der Waals surface area contributed by atoms with Gasteiger partial charge in [0.25, 0.3) is 5.91 Å². The number of amides is 1. The van der Waals surface area contributed by atoms with Crippen LogP contribution in [0.15, 0.2) is 23.1 Å². The molecule has 4 rings (SSSR count). The first-order chi connectivity index (χ1) is 15.8. The van der Waals surface area contributed by atoms with E-state index in [1.54, 1.807) is 18.2 Å². The van der Waals surface area contributed by atoms with Crippen molar-refractivity contribution in [2.75, 3.05) is 36.4 Å². The van der Waals surface area contributed by atoms with Crippen LogP contribution in [0.4, 0.5) is 10.8 Å². The Balaban J connectivity index is 1.64. The molecule has 10 heteroatoms. The fourth-order valence-electron chi connectivity index (χ4n) is 4.42. The van der Waals surface area contributed by atoms with Gasteiger partial charge in [-0.05, 0) is 56.2 Å². The standard InChI is InChI=1S/C23H33N5O3S2/c1-17(2)15-21-25-26-23(32-21)24-22(29)19-16-18(33(30,31)28-13-7-4-8-14-28)9-10-20(19)27-11-5-3-6-12-27/h9-10,16-17H,3-8,11-15H2,1-2H3,(H,24,26,29). The highest BCUT2D eigenvalue weighted by Gasteiger charge is 2.29. The fourth-order valence-corrected chi connectivity index (χ4v) is 6.91. The minimum Gasteiger partial charge on any atom is -0.371 e. The molecule has 0 spiro atoms. The summed E-state index contributed by atoms with van der Waals surface area (Å²) in [5.74, 6) is 0.0994. The van der Waals surface area contributed by atoms with Gasteiger partial charge in [-0.25, -0.2) is 8.42 Å². The minimum atomic E-state index is -3.64. The van der Waals surface area contributed by atoms with E-state index in [4.69, 9.17) is 0 Å². The Labute approximate surface area is 200 Å². The van der Waals surface area contributed by atoms with Gasteiger partial charge >= 0.3 is 0 Å². The van der Waals surface area contributed by atoms with Crippen molar-refractivity contribution in [1.29, 1.82) is 0 Å². The van der Waals surface area contributed by atoms with Crippen LogP contribution in [0.25, 0.3) is 0 Å². The molecule has 0 saturated carbocycles. The van der Waals surface area contributed by atoms with Gasteiger partial charge < -0.3 is 4.90 Å². The summed E-state index contributed by atoms with van der Waals surface area (Å²) in [4.78, 5) is 15.7. The summed E-state index contributed by atoms with van der Waals surface area (Å²) in [5, 5.41) is 12.5. The minimum absolute atomic E-state index is 0.174. The molecule has 2 aromatic rings. The van der Waals surface area contributed by atoms with Crippen molar-refractivity contribution in [3.05, 3.63) is 28.8 Å². The monoisotopic (exact) mass is 491 g/mol. The second-order valence-corrected chi connectivity index (χ2v) is 12.2. The van der Waals surface area contributed by atoms with Crippen LogP contribution >= 0.6 is 11.3 Å². The Kier molecular flexibility index (Phi) is 7.65. The van der Waals surface area contributed by atoms with Crippen molar-refractivity contribution in [2.24, 2.45) is 5.92 Å². The number of hydrogen-bond acceptors (Lipinski definition) is 7. The average molecular weight is 492 g/mol. The van der Waals surface area contributed by atoms with Gasteiger partial charge in [0.2, 0.25) is 15.2 Å². The lowest BCUT2D eigenvalue weighted by Crippen LogP contribution is -2.36. The Morgan fingerprint density at radius 3 is 2.36 bits per heavy atom. The number of rotatable bonds is 7. The first-order valence-electron chi connectivity index (χ1n) is 11.9. The highest BCUT2D eigenvalue weighted by atomic mass is 32.2. The van der Waals surface area contributed by atoms with Gasteiger partial charge in [-0.15, -0.1) is 10.2 Å². The van der Waals surface area contributed by atoms with E-state index < -0.39 is 10.0 Å².